The molecule has 2 aromatic carbocycles. The average molecular weight is 545 g/mol. The summed E-state index contributed by atoms with van der Waals surface area (Å²) in [5, 5.41) is 3.54. The van der Waals surface area contributed by atoms with Crippen LogP contribution in [0.5, 0.6) is 0 Å². The Morgan fingerprint density at radius 1 is 0.897 bits per heavy atom. The van der Waals surface area contributed by atoms with Crippen molar-refractivity contribution in [3.63, 3.8) is 0 Å². The van der Waals surface area contributed by atoms with Crippen LogP contribution in [-0.4, -0.2) is 45.8 Å². The SMILES string of the molecule is FC(F)(F)c1ccc(Nc2nc(CCN3C=NCCC3)nc3cc(-c4ncccc4C(F)(F)F)ccc23)cc1. The van der Waals surface area contributed by atoms with Gasteiger partial charge < -0.3 is 10.2 Å². The van der Waals surface area contributed by atoms with Crippen molar-refractivity contribution in [1.29, 1.82) is 0 Å². The Morgan fingerprint density at radius 3 is 2.38 bits per heavy atom. The molecule has 4 aromatic rings. The molecule has 1 N–H and O–H groups in total. The van der Waals surface area contributed by atoms with Gasteiger partial charge >= 0.3 is 12.4 Å². The summed E-state index contributed by atoms with van der Waals surface area (Å²) in [6, 6.07) is 11.3. The van der Waals surface area contributed by atoms with Crippen LogP contribution in [0.1, 0.15) is 23.4 Å². The molecular formula is C27H22F6N6. The highest BCUT2D eigenvalue weighted by Crippen LogP contribution is 2.37. The van der Waals surface area contributed by atoms with Crippen molar-refractivity contribution in [2.24, 2.45) is 4.99 Å². The van der Waals surface area contributed by atoms with Crippen LogP contribution in [0.3, 0.4) is 0 Å². The molecule has 202 valence electrons. The van der Waals surface area contributed by atoms with Crippen molar-refractivity contribution in [1.82, 2.24) is 19.9 Å². The zero-order valence-electron chi connectivity index (χ0n) is 20.4. The van der Waals surface area contributed by atoms with Crippen LogP contribution in [0.4, 0.5) is 37.8 Å². The molecule has 0 spiro atoms. The predicted octanol–water partition coefficient (Wildman–Crippen LogP) is 6.75. The summed E-state index contributed by atoms with van der Waals surface area (Å²) >= 11 is 0. The highest BCUT2D eigenvalue weighted by molar-refractivity contribution is 5.93. The Balaban J connectivity index is 1.54. The van der Waals surface area contributed by atoms with E-state index >= 15 is 0 Å². The van der Waals surface area contributed by atoms with Crippen molar-refractivity contribution < 1.29 is 26.3 Å². The van der Waals surface area contributed by atoms with Gasteiger partial charge in [0.2, 0.25) is 0 Å². The summed E-state index contributed by atoms with van der Waals surface area (Å²) in [6.45, 7) is 2.17. The van der Waals surface area contributed by atoms with Crippen LogP contribution in [0, 0.1) is 0 Å². The van der Waals surface area contributed by atoms with Gasteiger partial charge in [0.1, 0.15) is 11.6 Å². The molecule has 6 nitrogen and oxygen atoms in total. The number of pyridine rings is 1. The zero-order chi connectivity index (χ0) is 27.6. The van der Waals surface area contributed by atoms with Crippen molar-refractivity contribution in [2.75, 3.05) is 25.0 Å². The molecule has 12 heteroatoms. The van der Waals surface area contributed by atoms with E-state index in [2.05, 4.69) is 25.3 Å². The van der Waals surface area contributed by atoms with Crippen molar-refractivity contribution >= 4 is 28.7 Å². The summed E-state index contributed by atoms with van der Waals surface area (Å²) in [4.78, 5) is 19.5. The van der Waals surface area contributed by atoms with Gasteiger partial charge in [-0.1, -0.05) is 6.07 Å². The highest BCUT2D eigenvalue weighted by Gasteiger charge is 2.34. The molecule has 0 saturated heterocycles. The summed E-state index contributed by atoms with van der Waals surface area (Å²) in [5.41, 5.74) is -0.920. The van der Waals surface area contributed by atoms with E-state index in [9.17, 15) is 26.3 Å². The maximum absolute atomic E-state index is 13.6. The summed E-state index contributed by atoms with van der Waals surface area (Å²) in [7, 11) is 0. The number of hydrogen-bond donors (Lipinski definition) is 1. The minimum Gasteiger partial charge on any atom is -0.362 e. The first kappa shape index (κ1) is 26.4. The van der Waals surface area contributed by atoms with Crippen molar-refractivity contribution in [3.8, 4) is 11.3 Å². The fourth-order valence-corrected chi connectivity index (χ4v) is 4.28. The average Bonchev–Trinajstić information content (AvgIpc) is 2.91. The fraction of sp³-hybridized carbons (Fsp3) is 0.259. The molecule has 0 bridgehead atoms. The number of aliphatic imine (C=N–C) groups is 1. The molecule has 2 aromatic heterocycles. The lowest BCUT2D eigenvalue weighted by Crippen LogP contribution is -2.29. The van der Waals surface area contributed by atoms with Crippen LogP contribution in [0.2, 0.25) is 0 Å². The van der Waals surface area contributed by atoms with Gasteiger partial charge in [-0.15, -0.1) is 0 Å². The Kier molecular flexibility index (Phi) is 7.11. The number of benzene rings is 2. The minimum absolute atomic E-state index is 0.226. The lowest BCUT2D eigenvalue weighted by molar-refractivity contribution is -0.138. The zero-order valence-corrected chi connectivity index (χ0v) is 20.4. The van der Waals surface area contributed by atoms with Crippen molar-refractivity contribution in [3.05, 3.63) is 77.7 Å². The number of halogens is 6. The molecule has 0 aliphatic carbocycles. The number of alkyl halides is 6. The lowest BCUT2D eigenvalue weighted by atomic mass is 10.0. The van der Waals surface area contributed by atoms with Crippen LogP contribution >= 0.6 is 0 Å². The number of rotatable bonds is 6. The largest absolute Gasteiger partial charge is 0.418 e. The van der Waals surface area contributed by atoms with Crippen LogP contribution in [0.25, 0.3) is 22.2 Å². The maximum Gasteiger partial charge on any atom is 0.418 e. The maximum atomic E-state index is 13.6. The van der Waals surface area contributed by atoms with E-state index in [1.807, 2.05) is 4.90 Å². The van der Waals surface area contributed by atoms with E-state index < -0.39 is 23.5 Å². The third-order valence-electron chi connectivity index (χ3n) is 6.20. The molecule has 0 fully saturated rings. The Hall–Kier alpha value is -4.22. The van der Waals surface area contributed by atoms with Gasteiger partial charge in [0.25, 0.3) is 0 Å². The Labute approximate surface area is 219 Å². The van der Waals surface area contributed by atoms with Gasteiger partial charge in [-0.25, -0.2) is 9.97 Å². The van der Waals surface area contributed by atoms with Gasteiger partial charge in [0.15, 0.2) is 0 Å². The molecule has 39 heavy (non-hydrogen) atoms. The first-order valence-electron chi connectivity index (χ1n) is 12.1. The first-order chi connectivity index (χ1) is 18.6. The quantitative estimate of drug-likeness (QED) is 0.272. The lowest BCUT2D eigenvalue weighted by Gasteiger charge is -2.22. The number of aromatic nitrogens is 3. The smallest absolute Gasteiger partial charge is 0.362 e. The molecule has 0 saturated carbocycles. The second-order valence-corrected chi connectivity index (χ2v) is 8.98. The summed E-state index contributed by atoms with van der Waals surface area (Å²) < 4.78 is 79.9. The van der Waals surface area contributed by atoms with Gasteiger partial charge in [-0.2, -0.15) is 26.3 Å². The second-order valence-electron chi connectivity index (χ2n) is 8.98. The standard InChI is InChI=1S/C27H22F6N6/c28-26(29,30)18-5-7-19(8-6-18)36-25-20-9-4-17(24-21(27(31,32)33)3-1-12-35-24)15-22(20)37-23(38-25)10-14-39-13-2-11-34-16-39/h1,3-9,12,15-16H,2,10-11,13-14H2,(H,36,37,38). The van der Waals surface area contributed by atoms with E-state index in [4.69, 9.17) is 0 Å². The van der Waals surface area contributed by atoms with Gasteiger partial charge in [-0.05, 0) is 55.0 Å². The van der Waals surface area contributed by atoms with E-state index in [1.165, 1.54) is 36.5 Å². The molecule has 0 radical (unpaired) electrons. The monoisotopic (exact) mass is 544 g/mol. The van der Waals surface area contributed by atoms with Crippen LogP contribution < -0.4 is 5.32 Å². The van der Waals surface area contributed by atoms with Crippen molar-refractivity contribution in [2.45, 2.75) is 25.2 Å². The molecular weight excluding hydrogens is 522 g/mol. The van der Waals surface area contributed by atoms with E-state index in [-0.39, 0.29) is 11.3 Å². The highest BCUT2D eigenvalue weighted by atomic mass is 19.4. The number of fused-ring (bicyclic) bond motifs is 1. The van der Waals surface area contributed by atoms with Gasteiger partial charge in [0.05, 0.1) is 28.7 Å². The minimum atomic E-state index is -4.60. The normalized spacial score (nSPS) is 14.2. The summed E-state index contributed by atoms with van der Waals surface area (Å²) in [5.74, 6) is 0.746. The van der Waals surface area contributed by atoms with Crippen LogP contribution in [-0.2, 0) is 18.8 Å². The Morgan fingerprint density at radius 2 is 1.69 bits per heavy atom. The van der Waals surface area contributed by atoms with Gasteiger partial charge in [0, 0.05) is 48.9 Å². The molecule has 3 heterocycles. The van der Waals surface area contributed by atoms with Gasteiger partial charge in [-0.3, -0.25) is 9.98 Å². The van der Waals surface area contributed by atoms with Crippen LogP contribution in [0.15, 0.2) is 65.8 Å². The molecule has 5 rings (SSSR count). The summed E-state index contributed by atoms with van der Waals surface area (Å²) in [6.07, 6.45) is -4.67. The molecule has 1 aliphatic heterocycles. The molecule has 0 amide bonds. The third kappa shape index (κ3) is 6.10. The number of hydrogen-bond acceptors (Lipinski definition) is 6. The number of nitrogens with zero attached hydrogens (tertiary/aromatic N) is 5. The molecule has 0 unspecified atom stereocenters. The second kappa shape index (κ2) is 10.5. The number of anilines is 2. The predicted molar refractivity (Wildman–Crippen MR) is 136 cm³/mol. The third-order valence-corrected chi connectivity index (χ3v) is 6.20. The van der Waals surface area contributed by atoms with E-state index in [1.54, 1.807) is 12.4 Å². The topological polar surface area (TPSA) is 66.3 Å². The molecule has 1 aliphatic rings. The Bertz CT molecular complexity index is 1500. The van der Waals surface area contributed by atoms with E-state index in [0.29, 0.717) is 41.2 Å². The fourth-order valence-electron chi connectivity index (χ4n) is 4.28. The molecule has 0 atom stereocenters. The van der Waals surface area contributed by atoms with E-state index in [0.717, 1.165) is 37.7 Å². The first-order valence-corrected chi connectivity index (χ1v) is 12.1. The number of nitrogens with one attached hydrogen (secondary N) is 1.